The van der Waals surface area contributed by atoms with E-state index in [1.807, 2.05) is 6.26 Å². The summed E-state index contributed by atoms with van der Waals surface area (Å²) in [7, 11) is 0. The lowest BCUT2D eigenvalue weighted by molar-refractivity contribution is 0.188. The number of nitrogens with one attached hydrogen (secondary N) is 2. The molecule has 0 saturated carbocycles. The van der Waals surface area contributed by atoms with Crippen molar-refractivity contribution in [3.8, 4) is 0 Å². The second-order valence-corrected chi connectivity index (χ2v) is 2.79. The summed E-state index contributed by atoms with van der Waals surface area (Å²) in [6.07, 6.45) is 2.01. The minimum absolute atomic E-state index is 0.197. The summed E-state index contributed by atoms with van der Waals surface area (Å²) >= 11 is 6.82. The summed E-state index contributed by atoms with van der Waals surface area (Å²) in [6, 6.07) is 0. The van der Waals surface area contributed by atoms with E-state index in [0.29, 0.717) is 6.61 Å². The van der Waals surface area contributed by atoms with Gasteiger partial charge in [-0.25, -0.2) is 0 Å². The highest BCUT2D eigenvalue weighted by atomic mass is 35.5. The molecular formula is C5H11ClN2OS. The van der Waals surface area contributed by atoms with Gasteiger partial charge in [0.2, 0.25) is 0 Å². The molecule has 0 radical (unpaired) electrons. The zero-order valence-corrected chi connectivity index (χ0v) is 7.39. The molecule has 0 aromatic heterocycles. The van der Waals surface area contributed by atoms with E-state index in [1.165, 1.54) is 0 Å². The van der Waals surface area contributed by atoms with Gasteiger partial charge < -0.3 is 4.74 Å². The SMILES string of the molecule is CSCCOCC(=N)NCl. The third kappa shape index (κ3) is 6.19. The van der Waals surface area contributed by atoms with Gasteiger partial charge in [-0.1, -0.05) is 0 Å². The minimum atomic E-state index is 0.197. The van der Waals surface area contributed by atoms with Crippen LogP contribution in [0.4, 0.5) is 0 Å². The number of ether oxygens (including phenoxy) is 1. The van der Waals surface area contributed by atoms with Crippen molar-refractivity contribution in [3.63, 3.8) is 0 Å². The number of hydrogen-bond acceptors (Lipinski definition) is 3. The second-order valence-electron chi connectivity index (χ2n) is 1.62. The van der Waals surface area contributed by atoms with Crippen LogP contribution in [0.3, 0.4) is 0 Å². The lowest BCUT2D eigenvalue weighted by Gasteiger charge is -2.01. The number of halogens is 1. The Morgan fingerprint density at radius 3 is 3.00 bits per heavy atom. The maximum absolute atomic E-state index is 7.00. The quantitative estimate of drug-likeness (QED) is 0.290. The summed E-state index contributed by atoms with van der Waals surface area (Å²) in [6.45, 7) is 0.937. The molecule has 0 rings (SSSR count). The average molecular weight is 183 g/mol. The van der Waals surface area contributed by atoms with E-state index in [9.17, 15) is 0 Å². The smallest absolute Gasteiger partial charge is 0.134 e. The molecule has 60 valence electrons. The second kappa shape index (κ2) is 7.18. The standard InChI is InChI=1S/C5H11ClN2OS/c1-10-3-2-9-4-5(7)8-6/h2-4H2,1H3,(H2,7,8). The molecule has 0 atom stereocenters. The lowest BCUT2D eigenvalue weighted by atomic mass is 10.6. The summed E-state index contributed by atoms with van der Waals surface area (Å²) < 4.78 is 5.03. The van der Waals surface area contributed by atoms with E-state index in [2.05, 4.69) is 4.84 Å². The van der Waals surface area contributed by atoms with Gasteiger partial charge in [0.05, 0.1) is 6.61 Å². The Balaban J connectivity index is 2.96. The summed E-state index contributed by atoms with van der Waals surface area (Å²) in [5.41, 5.74) is 0. The molecule has 0 aliphatic heterocycles. The summed E-state index contributed by atoms with van der Waals surface area (Å²) in [5.74, 6) is 1.15. The molecule has 5 heteroatoms. The Morgan fingerprint density at radius 1 is 1.80 bits per heavy atom. The van der Waals surface area contributed by atoms with Crippen molar-refractivity contribution in [1.29, 1.82) is 5.41 Å². The normalized spacial score (nSPS) is 9.40. The third-order valence-electron chi connectivity index (χ3n) is 0.792. The van der Waals surface area contributed by atoms with Gasteiger partial charge in [-0.3, -0.25) is 10.2 Å². The number of hydrogen-bond donors (Lipinski definition) is 2. The molecule has 0 aromatic rings. The van der Waals surface area contributed by atoms with Gasteiger partial charge in [0.1, 0.15) is 12.4 Å². The van der Waals surface area contributed by atoms with Crippen molar-refractivity contribution < 1.29 is 4.74 Å². The van der Waals surface area contributed by atoms with Crippen molar-refractivity contribution in [3.05, 3.63) is 0 Å². The molecule has 0 aliphatic rings. The molecule has 0 fully saturated rings. The van der Waals surface area contributed by atoms with E-state index in [1.54, 1.807) is 11.8 Å². The number of thioether (sulfide) groups is 1. The van der Waals surface area contributed by atoms with Gasteiger partial charge in [-0.15, -0.1) is 0 Å². The zero-order chi connectivity index (χ0) is 7.82. The number of rotatable bonds is 5. The lowest BCUT2D eigenvalue weighted by Crippen LogP contribution is -2.18. The fourth-order valence-electron chi connectivity index (χ4n) is 0.344. The van der Waals surface area contributed by atoms with Crippen LogP contribution in [0.15, 0.2) is 0 Å². The van der Waals surface area contributed by atoms with Gasteiger partial charge in [-0.05, 0) is 6.26 Å². The maximum atomic E-state index is 7.00. The van der Waals surface area contributed by atoms with Crippen LogP contribution >= 0.6 is 23.5 Å². The maximum Gasteiger partial charge on any atom is 0.134 e. The van der Waals surface area contributed by atoms with Gasteiger partial charge in [-0.2, -0.15) is 11.8 Å². The van der Waals surface area contributed by atoms with Gasteiger partial charge in [0, 0.05) is 17.5 Å². The molecule has 0 spiro atoms. The highest BCUT2D eigenvalue weighted by molar-refractivity contribution is 7.98. The zero-order valence-electron chi connectivity index (χ0n) is 5.82. The molecule has 2 N–H and O–H groups in total. The van der Waals surface area contributed by atoms with Crippen LogP contribution in [-0.4, -0.2) is 31.1 Å². The highest BCUT2D eigenvalue weighted by Gasteiger charge is 1.92. The van der Waals surface area contributed by atoms with E-state index < -0.39 is 0 Å². The fraction of sp³-hybridized carbons (Fsp3) is 0.800. The average Bonchev–Trinajstić information content (AvgIpc) is 1.98. The van der Waals surface area contributed by atoms with E-state index in [0.717, 1.165) is 5.75 Å². The number of amidine groups is 1. The predicted molar refractivity (Wildman–Crippen MR) is 45.9 cm³/mol. The van der Waals surface area contributed by atoms with Crippen LogP contribution in [0.5, 0.6) is 0 Å². The van der Waals surface area contributed by atoms with Crippen molar-refractivity contribution in [2.24, 2.45) is 0 Å². The first-order valence-electron chi connectivity index (χ1n) is 2.82. The van der Waals surface area contributed by atoms with E-state index >= 15 is 0 Å². The molecule has 10 heavy (non-hydrogen) atoms. The first-order valence-corrected chi connectivity index (χ1v) is 4.59. The van der Waals surface area contributed by atoms with Crippen LogP contribution in [0, 0.1) is 5.41 Å². The van der Waals surface area contributed by atoms with Gasteiger partial charge in [0.15, 0.2) is 0 Å². The van der Waals surface area contributed by atoms with Crippen LogP contribution in [0.2, 0.25) is 0 Å². The summed E-state index contributed by atoms with van der Waals surface area (Å²) in [4.78, 5) is 2.17. The van der Waals surface area contributed by atoms with Crippen LogP contribution in [0.1, 0.15) is 0 Å². The van der Waals surface area contributed by atoms with E-state index in [-0.39, 0.29) is 12.4 Å². The van der Waals surface area contributed by atoms with Gasteiger partial charge in [0.25, 0.3) is 0 Å². The Kier molecular flexibility index (Phi) is 7.23. The Bertz CT molecular complexity index is 102. The monoisotopic (exact) mass is 182 g/mol. The van der Waals surface area contributed by atoms with Crippen molar-refractivity contribution in [2.45, 2.75) is 0 Å². The first-order chi connectivity index (χ1) is 4.81. The summed E-state index contributed by atoms with van der Waals surface area (Å²) in [5, 5.41) is 7.00. The highest BCUT2D eigenvalue weighted by Crippen LogP contribution is 1.90. The third-order valence-corrected chi connectivity index (χ3v) is 1.60. The fourth-order valence-corrected chi connectivity index (χ4v) is 0.683. The first kappa shape index (κ1) is 10.1. The van der Waals surface area contributed by atoms with Gasteiger partial charge >= 0.3 is 0 Å². The Hall–Kier alpha value is 0.0700. The molecule has 0 saturated heterocycles. The molecule has 0 aliphatic carbocycles. The van der Waals surface area contributed by atoms with E-state index in [4.69, 9.17) is 21.9 Å². The molecule has 0 bridgehead atoms. The topological polar surface area (TPSA) is 45.1 Å². The van der Waals surface area contributed by atoms with Crippen molar-refractivity contribution in [2.75, 3.05) is 25.2 Å². The van der Waals surface area contributed by atoms with Crippen LogP contribution in [0.25, 0.3) is 0 Å². The molecule has 0 amide bonds. The predicted octanol–water partition coefficient (Wildman–Crippen LogP) is 1.09. The van der Waals surface area contributed by atoms with Crippen LogP contribution in [-0.2, 0) is 4.74 Å². The van der Waals surface area contributed by atoms with Crippen molar-refractivity contribution in [1.82, 2.24) is 4.84 Å². The van der Waals surface area contributed by atoms with Crippen molar-refractivity contribution >= 4 is 29.4 Å². The molecule has 0 heterocycles. The van der Waals surface area contributed by atoms with Crippen LogP contribution < -0.4 is 4.84 Å². The Labute approximate surface area is 70.1 Å². The molecule has 0 unspecified atom stereocenters. The minimum Gasteiger partial charge on any atom is -0.373 e. The molecular weight excluding hydrogens is 172 g/mol. The molecule has 0 aromatic carbocycles. The largest absolute Gasteiger partial charge is 0.373 e. The Morgan fingerprint density at radius 2 is 2.50 bits per heavy atom. The molecule has 3 nitrogen and oxygen atoms in total.